The van der Waals surface area contributed by atoms with Gasteiger partial charge in [-0.3, -0.25) is 14.8 Å². The van der Waals surface area contributed by atoms with Crippen molar-refractivity contribution in [1.29, 1.82) is 0 Å². The molecule has 2 saturated heterocycles. The summed E-state index contributed by atoms with van der Waals surface area (Å²) in [6.45, 7) is 1.72. The molecule has 1 N–H and O–H groups in total. The number of pyridine rings is 2. The molecule has 23 heavy (non-hydrogen) atoms. The van der Waals surface area contributed by atoms with Crippen molar-refractivity contribution in [3.63, 3.8) is 0 Å². The number of anilines is 1. The van der Waals surface area contributed by atoms with Gasteiger partial charge in [0.1, 0.15) is 0 Å². The van der Waals surface area contributed by atoms with E-state index in [1.807, 2.05) is 18.2 Å². The highest BCUT2D eigenvalue weighted by Gasteiger charge is 2.62. The van der Waals surface area contributed by atoms with Crippen molar-refractivity contribution < 1.29 is 4.79 Å². The highest BCUT2D eigenvalue weighted by Crippen LogP contribution is 2.56. The summed E-state index contributed by atoms with van der Waals surface area (Å²) in [6, 6.07) is 7.58. The number of halogens is 1. The van der Waals surface area contributed by atoms with Gasteiger partial charge in [0.2, 0.25) is 5.91 Å². The van der Waals surface area contributed by atoms with E-state index in [1.165, 1.54) is 0 Å². The van der Waals surface area contributed by atoms with Crippen molar-refractivity contribution in [2.75, 3.05) is 18.0 Å². The number of hydrogen-bond donors (Lipinski definition) is 1. The van der Waals surface area contributed by atoms with Crippen LogP contribution in [0.1, 0.15) is 24.6 Å². The summed E-state index contributed by atoms with van der Waals surface area (Å²) in [6.07, 6.45) is 6.70. The van der Waals surface area contributed by atoms with E-state index in [4.69, 9.17) is 11.6 Å². The van der Waals surface area contributed by atoms with Crippen LogP contribution in [0.3, 0.4) is 0 Å². The standard InChI is InChI=1S/C17H17ClN4O/c18-12-9-13(11-20-10-12)22-15(14-3-1-2-6-21-14)17(16(22)23)4-7-19-8-5-17/h1-3,6,9-11,15,19H,4-5,7-8H2. The fourth-order valence-electron chi connectivity index (χ4n) is 3.77. The number of aromatic nitrogens is 2. The maximum Gasteiger partial charge on any atom is 0.236 e. The molecule has 4 heterocycles. The van der Waals surface area contributed by atoms with E-state index in [0.717, 1.165) is 37.3 Å². The molecular weight excluding hydrogens is 312 g/mol. The third-order valence-corrected chi connectivity index (χ3v) is 5.07. The summed E-state index contributed by atoms with van der Waals surface area (Å²) in [5, 5.41) is 3.87. The van der Waals surface area contributed by atoms with Crippen molar-refractivity contribution >= 4 is 23.2 Å². The minimum absolute atomic E-state index is 0.0569. The maximum atomic E-state index is 13.0. The SMILES string of the molecule is O=C1N(c2cncc(Cl)c2)C(c2ccccn2)C12CCNCC2. The van der Waals surface area contributed by atoms with Gasteiger partial charge in [0.25, 0.3) is 0 Å². The quantitative estimate of drug-likeness (QED) is 0.861. The first-order valence-corrected chi connectivity index (χ1v) is 8.16. The molecule has 6 heteroatoms. The number of nitrogens with one attached hydrogen (secondary N) is 1. The summed E-state index contributed by atoms with van der Waals surface area (Å²) in [5.41, 5.74) is 1.30. The smallest absolute Gasteiger partial charge is 0.236 e. The molecule has 0 radical (unpaired) electrons. The van der Waals surface area contributed by atoms with Crippen molar-refractivity contribution in [2.24, 2.45) is 5.41 Å². The molecule has 2 fully saturated rings. The third-order valence-electron chi connectivity index (χ3n) is 4.86. The molecule has 2 aliphatic rings. The zero-order chi connectivity index (χ0) is 15.9. The van der Waals surface area contributed by atoms with Crippen molar-refractivity contribution in [1.82, 2.24) is 15.3 Å². The number of β-lactam (4-membered cyclic amide) rings is 1. The summed E-state index contributed by atoms with van der Waals surface area (Å²) >= 11 is 6.06. The van der Waals surface area contributed by atoms with E-state index >= 15 is 0 Å². The Morgan fingerprint density at radius 3 is 2.78 bits per heavy atom. The monoisotopic (exact) mass is 328 g/mol. The first-order chi connectivity index (χ1) is 11.2. The molecule has 2 aromatic heterocycles. The molecule has 1 atom stereocenters. The van der Waals surface area contributed by atoms with Crippen LogP contribution in [0.2, 0.25) is 5.02 Å². The molecule has 1 spiro atoms. The maximum absolute atomic E-state index is 13.0. The van der Waals surface area contributed by atoms with E-state index in [2.05, 4.69) is 15.3 Å². The van der Waals surface area contributed by atoms with Crippen LogP contribution in [0.25, 0.3) is 0 Å². The Kier molecular flexibility index (Phi) is 3.54. The summed E-state index contributed by atoms with van der Waals surface area (Å²) in [4.78, 5) is 23.5. The van der Waals surface area contributed by atoms with E-state index in [9.17, 15) is 4.79 Å². The van der Waals surface area contributed by atoms with Gasteiger partial charge >= 0.3 is 0 Å². The van der Waals surface area contributed by atoms with Gasteiger partial charge in [-0.15, -0.1) is 0 Å². The predicted octanol–water partition coefficient (Wildman–Crippen LogP) is 2.59. The van der Waals surface area contributed by atoms with E-state index in [0.29, 0.717) is 5.02 Å². The van der Waals surface area contributed by atoms with Crippen LogP contribution in [0.15, 0.2) is 42.9 Å². The molecule has 118 valence electrons. The second-order valence-electron chi connectivity index (χ2n) is 6.10. The molecule has 0 saturated carbocycles. The van der Waals surface area contributed by atoms with Crippen LogP contribution in [0.5, 0.6) is 0 Å². The molecule has 1 unspecified atom stereocenters. The average molecular weight is 329 g/mol. The van der Waals surface area contributed by atoms with Gasteiger partial charge in [-0.2, -0.15) is 0 Å². The number of nitrogens with zero attached hydrogens (tertiary/aromatic N) is 3. The number of carbonyl (C=O) groups is 1. The summed E-state index contributed by atoms with van der Waals surface area (Å²) in [7, 11) is 0. The molecule has 1 amide bonds. The molecule has 0 aliphatic carbocycles. The van der Waals surface area contributed by atoms with Gasteiger partial charge < -0.3 is 10.2 Å². The van der Waals surface area contributed by atoms with Gasteiger partial charge in [-0.1, -0.05) is 17.7 Å². The van der Waals surface area contributed by atoms with Crippen LogP contribution in [-0.2, 0) is 4.79 Å². The Morgan fingerprint density at radius 2 is 2.09 bits per heavy atom. The second kappa shape index (κ2) is 5.58. The lowest BCUT2D eigenvalue weighted by Gasteiger charge is -2.57. The predicted molar refractivity (Wildman–Crippen MR) is 88.2 cm³/mol. The Balaban J connectivity index is 1.78. The molecule has 4 rings (SSSR count). The zero-order valence-corrected chi connectivity index (χ0v) is 13.3. The van der Waals surface area contributed by atoms with Crippen molar-refractivity contribution in [3.05, 3.63) is 53.6 Å². The zero-order valence-electron chi connectivity index (χ0n) is 12.6. The molecule has 2 aromatic rings. The Bertz CT molecular complexity index is 730. The molecule has 0 aromatic carbocycles. The second-order valence-corrected chi connectivity index (χ2v) is 6.54. The first-order valence-electron chi connectivity index (χ1n) is 7.78. The third kappa shape index (κ3) is 2.23. The van der Waals surface area contributed by atoms with Crippen molar-refractivity contribution in [2.45, 2.75) is 18.9 Å². The fraction of sp³-hybridized carbons (Fsp3) is 0.353. The molecule has 0 bridgehead atoms. The minimum Gasteiger partial charge on any atom is -0.317 e. The van der Waals surface area contributed by atoms with Crippen LogP contribution in [0.4, 0.5) is 5.69 Å². The molecular formula is C17H17ClN4O. The Morgan fingerprint density at radius 1 is 1.26 bits per heavy atom. The van der Waals surface area contributed by atoms with E-state index in [-0.39, 0.29) is 17.4 Å². The Labute approximate surface area is 139 Å². The average Bonchev–Trinajstić information content (AvgIpc) is 2.60. The number of amides is 1. The lowest BCUT2D eigenvalue weighted by Crippen LogP contribution is -2.66. The van der Waals surface area contributed by atoms with Crippen LogP contribution < -0.4 is 10.2 Å². The van der Waals surface area contributed by atoms with Gasteiger partial charge in [0, 0.05) is 12.4 Å². The van der Waals surface area contributed by atoms with Crippen LogP contribution in [-0.4, -0.2) is 29.0 Å². The summed E-state index contributed by atoms with van der Waals surface area (Å²) < 4.78 is 0. The normalized spacial score (nSPS) is 22.9. The fourth-order valence-corrected chi connectivity index (χ4v) is 3.94. The Hall–Kier alpha value is -1.98. The van der Waals surface area contributed by atoms with Gasteiger partial charge in [0.05, 0.1) is 34.1 Å². The molecule has 5 nitrogen and oxygen atoms in total. The van der Waals surface area contributed by atoms with Gasteiger partial charge in [0.15, 0.2) is 0 Å². The number of carbonyl (C=O) groups excluding carboxylic acids is 1. The van der Waals surface area contributed by atoms with Gasteiger partial charge in [-0.05, 0) is 44.1 Å². The number of piperidine rings is 1. The topological polar surface area (TPSA) is 58.1 Å². The van der Waals surface area contributed by atoms with Gasteiger partial charge in [-0.25, -0.2) is 0 Å². The molecule has 2 aliphatic heterocycles. The lowest BCUT2D eigenvalue weighted by atomic mass is 9.63. The lowest BCUT2D eigenvalue weighted by molar-refractivity contribution is -0.142. The van der Waals surface area contributed by atoms with E-state index < -0.39 is 0 Å². The highest BCUT2D eigenvalue weighted by atomic mass is 35.5. The number of rotatable bonds is 2. The largest absolute Gasteiger partial charge is 0.317 e. The number of hydrogen-bond acceptors (Lipinski definition) is 4. The van der Waals surface area contributed by atoms with Crippen LogP contribution >= 0.6 is 11.6 Å². The van der Waals surface area contributed by atoms with E-state index in [1.54, 1.807) is 29.6 Å². The first kappa shape index (κ1) is 14.6. The van der Waals surface area contributed by atoms with Crippen LogP contribution in [0, 0.1) is 5.41 Å². The van der Waals surface area contributed by atoms with Crippen molar-refractivity contribution in [3.8, 4) is 0 Å². The minimum atomic E-state index is -0.359. The summed E-state index contributed by atoms with van der Waals surface area (Å²) in [5.74, 6) is 0.152. The highest BCUT2D eigenvalue weighted by molar-refractivity contribution is 6.30.